The molecule has 22 heavy (non-hydrogen) atoms. The monoisotopic (exact) mass is 314 g/mol. The van der Waals surface area contributed by atoms with Gasteiger partial charge in [-0.3, -0.25) is 15.1 Å². The quantitative estimate of drug-likeness (QED) is 0.783. The van der Waals surface area contributed by atoms with Crippen LogP contribution in [0, 0.1) is 0 Å². The standard InChI is InChI=1S/C15H14N4O2S/c1-2-13-18-19-15(22-13)17-12(20)9-21-11-7-3-5-10-6-4-8-16-14(10)11/h3-8H,2,9H2,1H3,(H,17,19,20). The second-order valence-electron chi connectivity index (χ2n) is 4.52. The van der Waals surface area contributed by atoms with E-state index in [1.807, 2.05) is 31.2 Å². The molecule has 0 aliphatic rings. The number of nitrogens with zero attached hydrogens (tertiary/aromatic N) is 3. The zero-order chi connectivity index (χ0) is 15.4. The second kappa shape index (κ2) is 6.48. The highest BCUT2D eigenvalue weighted by Crippen LogP contribution is 2.23. The number of aryl methyl sites for hydroxylation is 1. The Morgan fingerprint density at radius 3 is 2.95 bits per heavy atom. The molecule has 0 saturated heterocycles. The minimum absolute atomic E-state index is 0.100. The van der Waals surface area contributed by atoms with E-state index in [0.717, 1.165) is 22.3 Å². The summed E-state index contributed by atoms with van der Waals surface area (Å²) in [6.07, 6.45) is 2.49. The number of aromatic nitrogens is 3. The molecule has 0 aliphatic heterocycles. The van der Waals surface area contributed by atoms with E-state index < -0.39 is 0 Å². The maximum absolute atomic E-state index is 11.9. The Kier molecular flexibility index (Phi) is 4.24. The molecule has 0 spiro atoms. The third-order valence-electron chi connectivity index (χ3n) is 2.97. The van der Waals surface area contributed by atoms with E-state index in [0.29, 0.717) is 10.9 Å². The largest absolute Gasteiger partial charge is 0.481 e. The lowest BCUT2D eigenvalue weighted by molar-refractivity contribution is -0.118. The minimum atomic E-state index is -0.272. The van der Waals surface area contributed by atoms with Gasteiger partial charge >= 0.3 is 0 Å². The van der Waals surface area contributed by atoms with Crippen LogP contribution in [0.5, 0.6) is 5.75 Å². The summed E-state index contributed by atoms with van der Waals surface area (Å²) in [4.78, 5) is 16.2. The van der Waals surface area contributed by atoms with Crippen LogP contribution in [-0.4, -0.2) is 27.7 Å². The zero-order valence-corrected chi connectivity index (χ0v) is 12.8. The van der Waals surface area contributed by atoms with Crippen LogP contribution in [0.1, 0.15) is 11.9 Å². The average Bonchev–Trinajstić information content (AvgIpc) is 3.00. The summed E-state index contributed by atoms with van der Waals surface area (Å²) in [5.41, 5.74) is 0.738. The number of anilines is 1. The molecule has 7 heteroatoms. The molecule has 0 fully saturated rings. The van der Waals surface area contributed by atoms with Gasteiger partial charge in [-0.05, 0) is 18.6 Å². The predicted octanol–water partition coefficient (Wildman–Crippen LogP) is 2.67. The summed E-state index contributed by atoms with van der Waals surface area (Å²) in [5, 5.41) is 12.9. The number of para-hydroxylation sites is 1. The molecule has 1 aromatic carbocycles. The second-order valence-corrected chi connectivity index (χ2v) is 5.58. The molecule has 112 valence electrons. The number of ether oxygens (including phenoxy) is 1. The topological polar surface area (TPSA) is 77.0 Å². The van der Waals surface area contributed by atoms with E-state index in [-0.39, 0.29) is 12.5 Å². The normalized spacial score (nSPS) is 10.6. The molecule has 0 radical (unpaired) electrons. The van der Waals surface area contributed by atoms with Gasteiger partial charge in [0.15, 0.2) is 6.61 Å². The molecule has 0 bridgehead atoms. The van der Waals surface area contributed by atoms with Gasteiger partial charge in [0.2, 0.25) is 5.13 Å². The number of hydrogen-bond acceptors (Lipinski definition) is 6. The molecule has 0 aliphatic carbocycles. The average molecular weight is 314 g/mol. The number of fused-ring (bicyclic) bond motifs is 1. The van der Waals surface area contributed by atoms with Crippen molar-refractivity contribution in [3.8, 4) is 5.75 Å². The molecular formula is C15H14N4O2S. The van der Waals surface area contributed by atoms with Crippen molar-refractivity contribution in [1.29, 1.82) is 0 Å². The third-order valence-corrected chi connectivity index (χ3v) is 3.95. The van der Waals surface area contributed by atoms with Crippen LogP contribution in [0.2, 0.25) is 0 Å². The van der Waals surface area contributed by atoms with Gasteiger partial charge in [-0.2, -0.15) is 0 Å². The van der Waals surface area contributed by atoms with E-state index >= 15 is 0 Å². The fraction of sp³-hybridized carbons (Fsp3) is 0.200. The molecule has 3 rings (SSSR count). The van der Waals surface area contributed by atoms with Crippen molar-refractivity contribution in [3.63, 3.8) is 0 Å². The number of rotatable bonds is 5. The van der Waals surface area contributed by atoms with Crippen LogP contribution in [0.4, 0.5) is 5.13 Å². The lowest BCUT2D eigenvalue weighted by atomic mass is 10.2. The lowest BCUT2D eigenvalue weighted by Crippen LogP contribution is -2.20. The Labute approximate surface area is 131 Å². The third kappa shape index (κ3) is 3.20. The number of carbonyl (C=O) groups excluding carboxylic acids is 1. The van der Waals surface area contributed by atoms with E-state index in [1.54, 1.807) is 12.3 Å². The Morgan fingerprint density at radius 2 is 2.14 bits per heavy atom. The highest BCUT2D eigenvalue weighted by molar-refractivity contribution is 7.15. The van der Waals surface area contributed by atoms with Crippen molar-refractivity contribution in [2.45, 2.75) is 13.3 Å². The van der Waals surface area contributed by atoms with Gasteiger partial charge in [-0.15, -0.1) is 10.2 Å². The molecule has 2 aromatic heterocycles. The number of hydrogen-bond donors (Lipinski definition) is 1. The zero-order valence-electron chi connectivity index (χ0n) is 11.9. The summed E-state index contributed by atoms with van der Waals surface area (Å²) >= 11 is 1.36. The molecule has 1 amide bonds. The van der Waals surface area contributed by atoms with Gasteiger partial charge in [0.1, 0.15) is 16.3 Å². The van der Waals surface area contributed by atoms with Gasteiger partial charge in [-0.25, -0.2) is 0 Å². The summed E-state index contributed by atoms with van der Waals surface area (Å²) < 4.78 is 5.57. The molecule has 6 nitrogen and oxygen atoms in total. The Morgan fingerprint density at radius 1 is 1.27 bits per heavy atom. The van der Waals surface area contributed by atoms with Gasteiger partial charge in [0.05, 0.1) is 0 Å². The first kappa shape index (κ1) is 14.4. The molecule has 0 unspecified atom stereocenters. The Bertz CT molecular complexity index is 798. The minimum Gasteiger partial charge on any atom is -0.481 e. The SMILES string of the molecule is CCc1nnc(NC(=O)COc2cccc3cccnc23)s1. The van der Waals surface area contributed by atoms with Crippen molar-refractivity contribution in [1.82, 2.24) is 15.2 Å². The highest BCUT2D eigenvalue weighted by atomic mass is 32.1. The van der Waals surface area contributed by atoms with Gasteiger partial charge < -0.3 is 4.74 Å². The summed E-state index contributed by atoms with van der Waals surface area (Å²) in [6, 6.07) is 9.42. The lowest BCUT2D eigenvalue weighted by Gasteiger charge is -2.07. The first-order valence-corrected chi connectivity index (χ1v) is 7.66. The van der Waals surface area contributed by atoms with Crippen molar-refractivity contribution < 1.29 is 9.53 Å². The number of amides is 1. The van der Waals surface area contributed by atoms with Crippen LogP contribution < -0.4 is 10.1 Å². The number of pyridine rings is 1. The summed E-state index contributed by atoms with van der Waals surface area (Å²) in [6.45, 7) is 1.89. The van der Waals surface area contributed by atoms with Crippen molar-refractivity contribution in [2.75, 3.05) is 11.9 Å². The van der Waals surface area contributed by atoms with Gasteiger partial charge in [-0.1, -0.05) is 36.5 Å². The first-order valence-electron chi connectivity index (χ1n) is 6.85. The van der Waals surface area contributed by atoms with E-state index in [4.69, 9.17) is 4.74 Å². The van der Waals surface area contributed by atoms with Crippen molar-refractivity contribution >= 4 is 33.3 Å². The number of carbonyl (C=O) groups is 1. The Hall–Kier alpha value is -2.54. The van der Waals surface area contributed by atoms with Gasteiger partial charge in [0.25, 0.3) is 5.91 Å². The number of benzene rings is 1. The number of nitrogens with one attached hydrogen (secondary N) is 1. The maximum atomic E-state index is 11.9. The fourth-order valence-corrected chi connectivity index (χ4v) is 2.63. The Balaban J connectivity index is 1.65. The first-order chi connectivity index (χ1) is 10.8. The van der Waals surface area contributed by atoms with Crippen molar-refractivity contribution in [3.05, 3.63) is 41.5 Å². The van der Waals surface area contributed by atoms with Crippen molar-refractivity contribution in [2.24, 2.45) is 0 Å². The molecule has 0 atom stereocenters. The molecule has 3 aromatic rings. The fourth-order valence-electron chi connectivity index (χ4n) is 1.94. The molecule has 1 N–H and O–H groups in total. The molecular weight excluding hydrogens is 300 g/mol. The summed E-state index contributed by atoms with van der Waals surface area (Å²) in [7, 11) is 0. The summed E-state index contributed by atoms with van der Waals surface area (Å²) in [5.74, 6) is 0.312. The smallest absolute Gasteiger partial charge is 0.264 e. The van der Waals surface area contributed by atoms with Crippen LogP contribution in [-0.2, 0) is 11.2 Å². The van der Waals surface area contributed by atoms with Gasteiger partial charge in [0, 0.05) is 11.6 Å². The predicted molar refractivity (Wildman–Crippen MR) is 85.2 cm³/mol. The van der Waals surface area contributed by atoms with Crippen LogP contribution in [0.15, 0.2) is 36.5 Å². The molecule has 2 heterocycles. The van der Waals surface area contributed by atoms with Crippen LogP contribution in [0.25, 0.3) is 10.9 Å². The van der Waals surface area contributed by atoms with Crippen LogP contribution >= 0.6 is 11.3 Å². The van der Waals surface area contributed by atoms with E-state index in [9.17, 15) is 4.79 Å². The molecule has 0 saturated carbocycles. The van der Waals surface area contributed by atoms with E-state index in [1.165, 1.54) is 11.3 Å². The van der Waals surface area contributed by atoms with Crippen LogP contribution in [0.3, 0.4) is 0 Å². The maximum Gasteiger partial charge on any atom is 0.264 e. The van der Waals surface area contributed by atoms with E-state index in [2.05, 4.69) is 20.5 Å². The highest BCUT2D eigenvalue weighted by Gasteiger charge is 2.09.